The van der Waals surface area contributed by atoms with E-state index in [2.05, 4.69) is 6.58 Å². The highest BCUT2D eigenvalue weighted by molar-refractivity contribution is 5.86. The Bertz CT molecular complexity index is 302. The molecule has 0 rings (SSSR count). The highest BCUT2D eigenvalue weighted by Gasteiger charge is 2.21. The summed E-state index contributed by atoms with van der Waals surface area (Å²) in [5.41, 5.74) is 0.376. The molecule has 0 fully saturated rings. The molecule has 5 nitrogen and oxygen atoms in total. The van der Waals surface area contributed by atoms with Gasteiger partial charge < -0.3 is 30.9 Å². The van der Waals surface area contributed by atoms with Crippen LogP contribution >= 0.6 is 0 Å². The normalized spacial score (nSPS) is 10.2. The third kappa shape index (κ3) is 9.18. The van der Waals surface area contributed by atoms with E-state index < -0.39 is 5.97 Å². The van der Waals surface area contributed by atoms with Crippen LogP contribution in [0.15, 0.2) is 12.2 Å². The number of carbonyl (C=O) groups excluding carboxylic acids is 2. The number of hydrogen-bond donors (Lipinski definition) is 0. The fourth-order valence-electron chi connectivity index (χ4n) is 1.14. The predicted octanol–water partition coefficient (Wildman–Crippen LogP) is -2.25. The molecule has 6 heteroatoms. The predicted molar refractivity (Wildman–Crippen MR) is 64.2 cm³/mol. The maximum Gasteiger partial charge on any atom is 0.361 e. The Morgan fingerprint density at radius 1 is 1.22 bits per heavy atom. The van der Waals surface area contributed by atoms with Crippen molar-refractivity contribution in [3.63, 3.8) is 0 Å². The van der Waals surface area contributed by atoms with Gasteiger partial charge in [0.1, 0.15) is 13.2 Å². The van der Waals surface area contributed by atoms with Crippen LogP contribution in [0.3, 0.4) is 0 Å². The largest absolute Gasteiger partial charge is 1.00 e. The molecule has 0 aliphatic rings. The van der Waals surface area contributed by atoms with Crippen LogP contribution in [0.4, 0.5) is 0 Å². The lowest BCUT2D eigenvalue weighted by Crippen LogP contribution is -3.00. The van der Waals surface area contributed by atoms with Crippen molar-refractivity contribution in [3.8, 4) is 0 Å². The summed E-state index contributed by atoms with van der Waals surface area (Å²) in [5, 5.41) is 0. The zero-order valence-corrected chi connectivity index (χ0v) is 13.1. The fourth-order valence-corrected chi connectivity index (χ4v) is 1.14. The van der Waals surface area contributed by atoms with Gasteiger partial charge in [-0.05, 0) is 13.8 Å². The van der Waals surface area contributed by atoms with Crippen LogP contribution < -0.4 is 17.0 Å². The highest BCUT2D eigenvalue weighted by atomic mass is 79.9. The van der Waals surface area contributed by atoms with E-state index in [1.807, 2.05) is 14.1 Å². The quantitative estimate of drug-likeness (QED) is 0.302. The van der Waals surface area contributed by atoms with Gasteiger partial charge in [0.05, 0.1) is 20.7 Å². The molecule has 0 spiro atoms. The Kier molecular flexibility index (Phi) is 9.84. The van der Waals surface area contributed by atoms with Crippen molar-refractivity contribution in [3.05, 3.63) is 12.2 Å². The van der Waals surface area contributed by atoms with Crippen molar-refractivity contribution in [1.82, 2.24) is 0 Å². The van der Waals surface area contributed by atoms with Crippen LogP contribution in [-0.2, 0) is 19.1 Å². The van der Waals surface area contributed by atoms with Gasteiger partial charge in [-0.3, -0.25) is 0 Å². The van der Waals surface area contributed by atoms with Crippen molar-refractivity contribution in [1.29, 1.82) is 0 Å². The zero-order valence-electron chi connectivity index (χ0n) is 11.5. The van der Waals surface area contributed by atoms with Crippen LogP contribution in [0.1, 0.15) is 13.8 Å². The van der Waals surface area contributed by atoms with Crippen LogP contribution in [0.25, 0.3) is 0 Å². The van der Waals surface area contributed by atoms with E-state index in [0.717, 1.165) is 0 Å². The standard InChI is InChI=1S/C12H22NO4.BrH/c1-6-16-11(14)9-13(4,5)7-8-17-12(15)10(2)3;/h2,6-9H2,1,3-5H3;1H/q+1;/p-1. The second kappa shape index (κ2) is 9.10. The number of carbonyl (C=O) groups is 2. The number of esters is 2. The van der Waals surface area contributed by atoms with E-state index in [1.165, 1.54) is 0 Å². The molecule has 0 bridgehead atoms. The first kappa shape index (κ1) is 19.5. The van der Waals surface area contributed by atoms with Crippen molar-refractivity contribution in [2.75, 3.05) is 40.4 Å². The molecule has 106 valence electrons. The van der Waals surface area contributed by atoms with Gasteiger partial charge in [0.2, 0.25) is 0 Å². The third-order valence-electron chi connectivity index (χ3n) is 2.14. The summed E-state index contributed by atoms with van der Waals surface area (Å²) in [7, 11) is 3.76. The Labute approximate surface area is 119 Å². The maximum absolute atomic E-state index is 11.3. The number of quaternary nitrogens is 1. The molecule has 0 unspecified atom stereocenters. The molecule has 18 heavy (non-hydrogen) atoms. The summed E-state index contributed by atoms with van der Waals surface area (Å²) >= 11 is 0. The van der Waals surface area contributed by atoms with E-state index in [-0.39, 0.29) is 36.1 Å². The monoisotopic (exact) mass is 323 g/mol. The molecule has 0 aromatic carbocycles. The molecule has 0 saturated heterocycles. The molecular weight excluding hydrogens is 302 g/mol. The second-order valence-corrected chi connectivity index (χ2v) is 4.54. The van der Waals surface area contributed by atoms with Gasteiger partial charge >= 0.3 is 11.9 Å². The van der Waals surface area contributed by atoms with E-state index in [9.17, 15) is 9.59 Å². The summed E-state index contributed by atoms with van der Waals surface area (Å²) in [4.78, 5) is 22.4. The molecule has 0 amide bonds. The van der Waals surface area contributed by atoms with Gasteiger partial charge in [0.15, 0.2) is 6.54 Å². The summed E-state index contributed by atoms with van der Waals surface area (Å²) in [5.74, 6) is -0.648. The molecule has 0 N–H and O–H groups in total. The first-order valence-corrected chi connectivity index (χ1v) is 5.58. The Balaban J connectivity index is 0. The average molecular weight is 324 g/mol. The van der Waals surface area contributed by atoms with Crippen LogP contribution in [-0.4, -0.2) is 56.8 Å². The minimum atomic E-state index is -0.402. The van der Waals surface area contributed by atoms with Gasteiger partial charge in [-0.15, -0.1) is 0 Å². The topological polar surface area (TPSA) is 52.6 Å². The number of nitrogens with zero attached hydrogens (tertiary/aromatic N) is 1. The van der Waals surface area contributed by atoms with Crippen molar-refractivity contribution < 1.29 is 40.5 Å². The molecular formula is C12H22BrNO4. The molecule has 0 saturated carbocycles. The molecule has 0 aromatic rings. The lowest BCUT2D eigenvalue weighted by Gasteiger charge is -2.28. The van der Waals surface area contributed by atoms with Crippen LogP contribution in [0.5, 0.6) is 0 Å². The van der Waals surface area contributed by atoms with Gasteiger partial charge in [0, 0.05) is 5.57 Å². The number of ether oxygens (including phenoxy) is 2. The third-order valence-corrected chi connectivity index (χ3v) is 2.14. The summed E-state index contributed by atoms with van der Waals surface area (Å²) in [6.45, 7) is 8.31. The van der Waals surface area contributed by atoms with Crippen LogP contribution in [0.2, 0.25) is 0 Å². The Morgan fingerprint density at radius 2 is 1.78 bits per heavy atom. The Hall–Kier alpha value is -0.880. The molecule has 0 atom stereocenters. The van der Waals surface area contributed by atoms with Crippen molar-refractivity contribution in [2.24, 2.45) is 0 Å². The maximum atomic E-state index is 11.3. The van der Waals surface area contributed by atoms with Crippen molar-refractivity contribution >= 4 is 11.9 Å². The van der Waals surface area contributed by atoms with Gasteiger partial charge in [0.25, 0.3) is 0 Å². The molecule has 0 heterocycles. The van der Waals surface area contributed by atoms with Gasteiger partial charge in [-0.1, -0.05) is 6.58 Å². The zero-order chi connectivity index (χ0) is 13.5. The Morgan fingerprint density at radius 3 is 2.22 bits per heavy atom. The van der Waals surface area contributed by atoms with E-state index in [1.54, 1.807) is 13.8 Å². The van der Waals surface area contributed by atoms with Crippen molar-refractivity contribution in [2.45, 2.75) is 13.8 Å². The number of halogens is 1. The second-order valence-electron chi connectivity index (χ2n) is 4.54. The van der Waals surface area contributed by atoms with Gasteiger partial charge in [-0.25, -0.2) is 9.59 Å². The minimum Gasteiger partial charge on any atom is -1.00 e. The average Bonchev–Trinajstić information content (AvgIpc) is 2.16. The summed E-state index contributed by atoms with van der Waals surface area (Å²) in [6, 6.07) is 0. The minimum absolute atomic E-state index is 0. The van der Waals surface area contributed by atoms with Gasteiger partial charge in [-0.2, -0.15) is 0 Å². The lowest BCUT2D eigenvalue weighted by molar-refractivity contribution is -0.883. The van der Waals surface area contributed by atoms with E-state index in [0.29, 0.717) is 23.2 Å². The molecule has 0 aromatic heterocycles. The first-order valence-electron chi connectivity index (χ1n) is 5.58. The number of rotatable bonds is 7. The smallest absolute Gasteiger partial charge is 0.361 e. The van der Waals surface area contributed by atoms with Crippen LogP contribution in [0, 0.1) is 0 Å². The van der Waals surface area contributed by atoms with E-state index in [4.69, 9.17) is 9.47 Å². The first-order chi connectivity index (χ1) is 7.78. The SMILES string of the molecule is C=C(C)C(=O)OCC[N+](C)(C)CC(=O)OCC.[Br-]. The molecule has 0 radical (unpaired) electrons. The number of likely N-dealkylation sites (N-methyl/N-ethyl adjacent to an activating group) is 1. The lowest BCUT2D eigenvalue weighted by atomic mass is 10.4. The number of hydrogen-bond acceptors (Lipinski definition) is 4. The highest BCUT2D eigenvalue weighted by Crippen LogP contribution is 1.99. The van der Waals surface area contributed by atoms with E-state index >= 15 is 0 Å². The molecule has 0 aliphatic heterocycles. The fraction of sp³-hybridized carbons (Fsp3) is 0.667. The summed E-state index contributed by atoms with van der Waals surface area (Å²) < 4.78 is 10.3. The molecule has 0 aliphatic carbocycles. The summed E-state index contributed by atoms with van der Waals surface area (Å²) in [6.07, 6.45) is 0.